The number of halogens is 3. The van der Waals surface area contributed by atoms with Crippen molar-refractivity contribution in [1.29, 1.82) is 0 Å². The summed E-state index contributed by atoms with van der Waals surface area (Å²) in [5.74, 6) is 0.773. The summed E-state index contributed by atoms with van der Waals surface area (Å²) in [5.41, 5.74) is 1.69. The van der Waals surface area contributed by atoms with E-state index in [0.717, 1.165) is 11.3 Å². The third-order valence-corrected chi connectivity index (χ3v) is 2.06. The molecule has 0 aliphatic heterocycles. The van der Waals surface area contributed by atoms with E-state index in [4.69, 9.17) is 34.8 Å². The molecule has 60 valence electrons. The van der Waals surface area contributed by atoms with Crippen molar-refractivity contribution in [1.82, 2.24) is 4.98 Å². The van der Waals surface area contributed by atoms with Gasteiger partial charge in [0.1, 0.15) is 5.15 Å². The van der Waals surface area contributed by atoms with Crippen molar-refractivity contribution < 1.29 is 0 Å². The highest BCUT2D eigenvalue weighted by Gasteiger charge is 2.01. The van der Waals surface area contributed by atoms with Crippen LogP contribution >= 0.6 is 34.8 Å². The monoisotopic (exact) mass is 209 g/mol. The Labute approximate surface area is 80.3 Å². The van der Waals surface area contributed by atoms with Crippen LogP contribution in [-0.4, -0.2) is 4.98 Å². The van der Waals surface area contributed by atoms with Gasteiger partial charge in [0, 0.05) is 5.88 Å². The van der Waals surface area contributed by atoms with Crippen LogP contribution in [0.4, 0.5) is 0 Å². The molecule has 0 saturated heterocycles. The predicted octanol–water partition coefficient (Wildman–Crippen LogP) is 3.21. The molecule has 0 N–H and O–H groups in total. The summed E-state index contributed by atoms with van der Waals surface area (Å²) in [5, 5.41) is 0.453. The molecule has 4 heteroatoms. The molecule has 1 aromatic heterocycles. The molecule has 0 unspecified atom stereocenters. The first-order valence-electron chi connectivity index (χ1n) is 3.04. The number of alkyl halides is 2. The Balaban J connectivity index is 3.06. The van der Waals surface area contributed by atoms with Crippen molar-refractivity contribution >= 4 is 34.8 Å². The minimum absolute atomic E-state index is 0.350. The number of hydrogen-bond donors (Lipinski definition) is 0. The fourth-order valence-electron chi connectivity index (χ4n) is 0.741. The van der Waals surface area contributed by atoms with Gasteiger partial charge in [-0.3, -0.25) is 0 Å². The zero-order chi connectivity index (χ0) is 8.27. The smallest absolute Gasteiger partial charge is 0.129 e. The highest BCUT2D eigenvalue weighted by molar-refractivity contribution is 6.29. The van der Waals surface area contributed by atoms with Gasteiger partial charge in [-0.05, 0) is 11.6 Å². The van der Waals surface area contributed by atoms with Crippen LogP contribution in [0.3, 0.4) is 0 Å². The molecule has 11 heavy (non-hydrogen) atoms. The number of rotatable bonds is 2. The fraction of sp³-hybridized carbons (Fsp3) is 0.286. The Hall–Kier alpha value is 0.0200. The minimum Gasteiger partial charge on any atom is -0.240 e. The molecule has 0 aromatic carbocycles. The van der Waals surface area contributed by atoms with E-state index in [1.807, 2.05) is 6.07 Å². The molecular weight excluding hydrogens is 204 g/mol. The van der Waals surface area contributed by atoms with Gasteiger partial charge in [-0.1, -0.05) is 17.7 Å². The van der Waals surface area contributed by atoms with Crippen molar-refractivity contribution in [3.63, 3.8) is 0 Å². The Bertz CT molecular complexity index is 249. The first-order chi connectivity index (χ1) is 5.27. The Kier molecular flexibility index (Phi) is 3.44. The molecular formula is C7H6Cl3N. The van der Waals surface area contributed by atoms with Crippen molar-refractivity contribution in [3.8, 4) is 0 Å². The summed E-state index contributed by atoms with van der Waals surface area (Å²) in [7, 11) is 0. The molecule has 1 heterocycles. The lowest BCUT2D eigenvalue weighted by Crippen LogP contribution is -1.92. The predicted molar refractivity (Wildman–Crippen MR) is 48.4 cm³/mol. The maximum Gasteiger partial charge on any atom is 0.129 e. The van der Waals surface area contributed by atoms with Crippen LogP contribution < -0.4 is 0 Å². The molecule has 1 aromatic rings. The molecule has 0 fully saturated rings. The highest BCUT2D eigenvalue weighted by atomic mass is 35.5. The molecule has 0 aliphatic rings. The summed E-state index contributed by atoms with van der Waals surface area (Å²) < 4.78 is 0. The molecule has 0 aliphatic carbocycles. The van der Waals surface area contributed by atoms with E-state index in [0.29, 0.717) is 16.9 Å². The lowest BCUT2D eigenvalue weighted by molar-refractivity contribution is 1.11. The molecule has 0 bridgehead atoms. The van der Waals surface area contributed by atoms with Gasteiger partial charge < -0.3 is 0 Å². The van der Waals surface area contributed by atoms with Gasteiger partial charge in [-0.25, -0.2) is 4.98 Å². The van der Waals surface area contributed by atoms with Crippen LogP contribution in [0.25, 0.3) is 0 Å². The van der Waals surface area contributed by atoms with Gasteiger partial charge in [-0.15, -0.1) is 23.2 Å². The average Bonchev–Trinajstić information content (AvgIpc) is 2.04. The van der Waals surface area contributed by atoms with E-state index >= 15 is 0 Å². The second kappa shape index (κ2) is 4.15. The van der Waals surface area contributed by atoms with E-state index in [2.05, 4.69) is 4.98 Å². The molecule has 0 atom stereocenters. The van der Waals surface area contributed by atoms with Gasteiger partial charge in [0.25, 0.3) is 0 Å². The van der Waals surface area contributed by atoms with Crippen LogP contribution in [0.2, 0.25) is 5.15 Å². The van der Waals surface area contributed by atoms with Crippen molar-refractivity contribution in [2.45, 2.75) is 11.8 Å². The standard InChI is InChI=1S/C7H6Cl3N/c8-3-5-1-2-7(10)11-6(5)4-9/h1-2H,3-4H2. The number of hydrogen-bond acceptors (Lipinski definition) is 1. The normalized spacial score (nSPS) is 10.1. The zero-order valence-electron chi connectivity index (χ0n) is 5.65. The number of nitrogens with zero attached hydrogens (tertiary/aromatic N) is 1. The molecule has 0 saturated carbocycles. The van der Waals surface area contributed by atoms with Crippen LogP contribution in [0.5, 0.6) is 0 Å². The summed E-state index contributed by atoms with van der Waals surface area (Å²) in [4.78, 5) is 4.01. The third kappa shape index (κ3) is 2.22. The average molecular weight is 210 g/mol. The fourth-order valence-corrected chi connectivity index (χ4v) is 1.38. The summed E-state index contributed by atoms with van der Waals surface area (Å²) in [6.45, 7) is 0. The van der Waals surface area contributed by atoms with Gasteiger partial charge in [0.2, 0.25) is 0 Å². The first-order valence-corrected chi connectivity index (χ1v) is 4.49. The summed E-state index contributed by atoms with van der Waals surface area (Å²) >= 11 is 16.9. The third-order valence-electron chi connectivity index (χ3n) is 1.31. The highest BCUT2D eigenvalue weighted by Crippen LogP contribution is 2.15. The van der Waals surface area contributed by atoms with Gasteiger partial charge >= 0.3 is 0 Å². The van der Waals surface area contributed by atoms with Crippen LogP contribution in [0, 0.1) is 0 Å². The van der Waals surface area contributed by atoms with Gasteiger partial charge in [0.15, 0.2) is 0 Å². The summed E-state index contributed by atoms with van der Waals surface area (Å²) in [6.07, 6.45) is 0. The zero-order valence-corrected chi connectivity index (χ0v) is 7.92. The van der Waals surface area contributed by atoms with Gasteiger partial charge in [0.05, 0.1) is 11.6 Å². The maximum absolute atomic E-state index is 5.64. The minimum atomic E-state index is 0.350. The van der Waals surface area contributed by atoms with E-state index < -0.39 is 0 Å². The molecule has 0 spiro atoms. The Morgan fingerprint density at radius 3 is 2.45 bits per heavy atom. The molecule has 1 rings (SSSR count). The van der Waals surface area contributed by atoms with E-state index in [-0.39, 0.29) is 0 Å². The van der Waals surface area contributed by atoms with Gasteiger partial charge in [-0.2, -0.15) is 0 Å². The molecule has 1 nitrogen and oxygen atoms in total. The number of aromatic nitrogens is 1. The second-order valence-electron chi connectivity index (χ2n) is 2.01. The van der Waals surface area contributed by atoms with Crippen molar-refractivity contribution in [2.24, 2.45) is 0 Å². The Morgan fingerprint density at radius 1 is 1.18 bits per heavy atom. The number of pyridine rings is 1. The molecule has 0 radical (unpaired) electrons. The van der Waals surface area contributed by atoms with Crippen molar-refractivity contribution in [2.75, 3.05) is 0 Å². The lowest BCUT2D eigenvalue weighted by atomic mass is 10.2. The quantitative estimate of drug-likeness (QED) is 0.540. The van der Waals surface area contributed by atoms with E-state index in [9.17, 15) is 0 Å². The first kappa shape index (κ1) is 9.11. The molecule has 0 amide bonds. The summed E-state index contributed by atoms with van der Waals surface area (Å²) in [6, 6.07) is 3.54. The SMILES string of the molecule is ClCc1ccc(Cl)nc1CCl. The second-order valence-corrected chi connectivity index (χ2v) is 2.93. The maximum atomic E-state index is 5.64. The van der Waals surface area contributed by atoms with E-state index in [1.165, 1.54) is 0 Å². The van der Waals surface area contributed by atoms with Crippen LogP contribution in [0.1, 0.15) is 11.3 Å². The lowest BCUT2D eigenvalue weighted by Gasteiger charge is -2.01. The van der Waals surface area contributed by atoms with Crippen LogP contribution in [-0.2, 0) is 11.8 Å². The van der Waals surface area contributed by atoms with Crippen molar-refractivity contribution in [3.05, 3.63) is 28.5 Å². The Morgan fingerprint density at radius 2 is 1.91 bits per heavy atom. The topological polar surface area (TPSA) is 12.9 Å². The van der Waals surface area contributed by atoms with E-state index in [1.54, 1.807) is 6.07 Å². The van der Waals surface area contributed by atoms with Crippen LogP contribution in [0.15, 0.2) is 12.1 Å². The largest absolute Gasteiger partial charge is 0.240 e.